The molecule has 0 aliphatic carbocycles. The topological polar surface area (TPSA) is 50.8 Å². The van der Waals surface area contributed by atoms with Gasteiger partial charge in [0.2, 0.25) is 0 Å². The highest BCUT2D eigenvalue weighted by Gasteiger charge is 2.18. The molecule has 5 nitrogen and oxygen atoms in total. The van der Waals surface area contributed by atoms with Crippen LogP contribution >= 0.6 is 15.9 Å². The number of rotatable bonds is 5. The largest absolute Gasteiger partial charge is 0.496 e. The first-order valence-corrected chi connectivity index (χ1v) is 9.00. The maximum Gasteiger partial charge on any atom is 0.253 e. The van der Waals surface area contributed by atoms with E-state index in [1.807, 2.05) is 42.5 Å². The molecule has 0 aromatic heterocycles. The Balaban J connectivity index is 1.70. The van der Waals surface area contributed by atoms with Crippen LogP contribution in [0.2, 0.25) is 0 Å². The highest BCUT2D eigenvalue weighted by molar-refractivity contribution is 9.10. The van der Waals surface area contributed by atoms with Gasteiger partial charge in [0.1, 0.15) is 5.75 Å². The Bertz CT molecular complexity index is 745. The van der Waals surface area contributed by atoms with Crippen LogP contribution in [0.1, 0.15) is 15.9 Å². The number of nitrogens with zero attached hydrogens (tertiary/aromatic N) is 1. The van der Waals surface area contributed by atoms with Crippen LogP contribution in [-0.2, 0) is 11.3 Å². The van der Waals surface area contributed by atoms with Crippen molar-refractivity contribution in [2.75, 3.05) is 38.3 Å². The predicted molar refractivity (Wildman–Crippen MR) is 101 cm³/mol. The Labute approximate surface area is 156 Å². The van der Waals surface area contributed by atoms with Crippen LogP contribution in [-0.4, -0.2) is 39.3 Å². The first-order chi connectivity index (χ1) is 12.2. The molecule has 2 aromatic rings. The van der Waals surface area contributed by atoms with Crippen LogP contribution in [0.4, 0.5) is 5.69 Å². The minimum absolute atomic E-state index is 0.0750. The Hall–Kier alpha value is -2.05. The van der Waals surface area contributed by atoms with Gasteiger partial charge in [0, 0.05) is 25.3 Å². The zero-order valence-electron chi connectivity index (χ0n) is 14.1. The van der Waals surface area contributed by atoms with Crippen molar-refractivity contribution >= 4 is 27.5 Å². The molecule has 132 valence electrons. The van der Waals surface area contributed by atoms with Gasteiger partial charge < -0.3 is 19.7 Å². The van der Waals surface area contributed by atoms with Crippen molar-refractivity contribution < 1.29 is 14.3 Å². The standard InChI is InChI=1S/C19H21BrN2O3/c1-24-18-7-6-14(12-16(18)20)13-21-19(23)15-4-2-3-5-17(15)22-8-10-25-11-9-22/h2-7,12H,8-11,13H2,1H3,(H,21,23). The van der Waals surface area contributed by atoms with Crippen molar-refractivity contribution in [1.82, 2.24) is 5.32 Å². The number of carbonyl (C=O) groups is 1. The SMILES string of the molecule is COc1ccc(CNC(=O)c2ccccc2N2CCOCC2)cc1Br. The average Bonchev–Trinajstić information content (AvgIpc) is 2.67. The summed E-state index contributed by atoms with van der Waals surface area (Å²) in [6.45, 7) is 3.44. The smallest absolute Gasteiger partial charge is 0.253 e. The van der Waals surface area contributed by atoms with Gasteiger partial charge in [-0.25, -0.2) is 0 Å². The van der Waals surface area contributed by atoms with Gasteiger partial charge in [0.25, 0.3) is 5.91 Å². The second-order valence-corrected chi connectivity index (χ2v) is 6.62. The van der Waals surface area contributed by atoms with E-state index in [0.717, 1.165) is 34.6 Å². The van der Waals surface area contributed by atoms with E-state index in [2.05, 4.69) is 26.1 Å². The number of hydrogen-bond acceptors (Lipinski definition) is 4. The molecule has 25 heavy (non-hydrogen) atoms. The fourth-order valence-electron chi connectivity index (χ4n) is 2.84. The lowest BCUT2D eigenvalue weighted by atomic mass is 10.1. The van der Waals surface area contributed by atoms with E-state index in [9.17, 15) is 4.79 Å². The fraction of sp³-hybridized carbons (Fsp3) is 0.316. The van der Waals surface area contributed by atoms with Gasteiger partial charge in [-0.2, -0.15) is 0 Å². The zero-order valence-corrected chi connectivity index (χ0v) is 15.7. The molecule has 6 heteroatoms. The average molecular weight is 405 g/mol. The van der Waals surface area contributed by atoms with E-state index >= 15 is 0 Å². The summed E-state index contributed by atoms with van der Waals surface area (Å²) in [5.41, 5.74) is 2.65. The highest BCUT2D eigenvalue weighted by atomic mass is 79.9. The van der Waals surface area contributed by atoms with Gasteiger partial charge in [-0.3, -0.25) is 4.79 Å². The van der Waals surface area contributed by atoms with E-state index in [4.69, 9.17) is 9.47 Å². The monoisotopic (exact) mass is 404 g/mol. The van der Waals surface area contributed by atoms with E-state index in [-0.39, 0.29) is 5.91 Å². The number of hydrogen-bond donors (Lipinski definition) is 1. The number of para-hydroxylation sites is 1. The minimum Gasteiger partial charge on any atom is -0.496 e. The second kappa shape index (κ2) is 8.36. The summed E-state index contributed by atoms with van der Waals surface area (Å²) in [7, 11) is 1.63. The van der Waals surface area contributed by atoms with E-state index in [1.165, 1.54) is 0 Å². The molecule has 0 atom stereocenters. The van der Waals surface area contributed by atoms with Crippen molar-refractivity contribution in [1.29, 1.82) is 0 Å². The number of methoxy groups -OCH3 is 1. The molecular weight excluding hydrogens is 384 g/mol. The van der Waals surface area contributed by atoms with Gasteiger partial charge in [0.05, 0.1) is 30.4 Å². The van der Waals surface area contributed by atoms with E-state index < -0.39 is 0 Å². The molecule has 0 unspecified atom stereocenters. The lowest BCUT2D eigenvalue weighted by molar-refractivity contribution is 0.0949. The lowest BCUT2D eigenvalue weighted by Crippen LogP contribution is -2.37. The highest BCUT2D eigenvalue weighted by Crippen LogP contribution is 2.26. The maximum atomic E-state index is 12.7. The van der Waals surface area contributed by atoms with Gasteiger partial charge in [-0.1, -0.05) is 18.2 Å². The number of benzene rings is 2. The fourth-order valence-corrected chi connectivity index (χ4v) is 3.43. The van der Waals surface area contributed by atoms with Crippen LogP contribution < -0.4 is 15.0 Å². The molecule has 1 saturated heterocycles. The molecule has 0 bridgehead atoms. The summed E-state index contributed by atoms with van der Waals surface area (Å²) in [6.07, 6.45) is 0. The summed E-state index contributed by atoms with van der Waals surface area (Å²) in [6, 6.07) is 13.5. The minimum atomic E-state index is -0.0750. The van der Waals surface area contributed by atoms with E-state index in [0.29, 0.717) is 25.3 Å². The van der Waals surface area contributed by atoms with Crippen LogP contribution in [0.25, 0.3) is 0 Å². The molecule has 1 N–H and O–H groups in total. The first kappa shape index (κ1) is 17.8. The molecule has 1 amide bonds. The Morgan fingerprint density at radius 3 is 2.72 bits per heavy atom. The third-order valence-electron chi connectivity index (χ3n) is 4.17. The van der Waals surface area contributed by atoms with Crippen molar-refractivity contribution in [3.05, 3.63) is 58.1 Å². The zero-order chi connectivity index (χ0) is 17.6. The molecule has 1 fully saturated rings. The molecule has 0 radical (unpaired) electrons. The summed E-state index contributed by atoms with van der Waals surface area (Å²) >= 11 is 3.47. The van der Waals surface area contributed by atoms with Gasteiger partial charge in [0.15, 0.2) is 0 Å². The van der Waals surface area contributed by atoms with Crippen molar-refractivity contribution in [3.8, 4) is 5.75 Å². The summed E-state index contributed by atoms with van der Waals surface area (Å²) in [5.74, 6) is 0.696. The number of amides is 1. The molecule has 0 saturated carbocycles. The summed E-state index contributed by atoms with van der Waals surface area (Å²) in [5, 5.41) is 3.00. The van der Waals surface area contributed by atoms with Gasteiger partial charge in [-0.15, -0.1) is 0 Å². The number of morpholine rings is 1. The normalized spacial score (nSPS) is 14.2. The van der Waals surface area contributed by atoms with Crippen LogP contribution in [0.3, 0.4) is 0 Å². The molecule has 0 spiro atoms. The Morgan fingerprint density at radius 2 is 2.00 bits per heavy atom. The van der Waals surface area contributed by atoms with Crippen LogP contribution in [0, 0.1) is 0 Å². The first-order valence-electron chi connectivity index (χ1n) is 8.21. The third-order valence-corrected chi connectivity index (χ3v) is 4.79. The molecular formula is C19H21BrN2O3. The molecule has 1 aliphatic rings. The third kappa shape index (κ3) is 4.32. The van der Waals surface area contributed by atoms with Crippen molar-refractivity contribution in [3.63, 3.8) is 0 Å². The molecule has 2 aromatic carbocycles. The van der Waals surface area contributed by atoms with Gasteiger partial charge >= 0.3 is 0 Å². The quantitative estimate of drug-likeness (QED) is 0.830. The summed E-state index contributed by atoms with van der Waals surface area (Å²) in [4.78, 5) is 14.9. The van der Waals surface area contributed by atoms with Crippen LogP contribution in [0.5, 0.6) is 5.75 Å². The number of ether oxygens (including phenoxy) is 2. The Morgan fingerprint density at radius 1 is 1.24 bits per heavy atom. The Kier molecular flexibility index (Phi) is 5.94. The maximum absolute atomic E-state index is 12.7. The second-order valence-electron chi connectivity index (χ2n) is 5.77. The number of halogens is 1. The number of anilines is 1. The van der Waals surface area contributed by atoms with Crippen molar-refractivity contribution in [2.45, 2.75) is 6.54 Å². The lowest BCUT2D eigenvalue weighted by Gasteiger charge is -2.30. The summed E-state index contributed by atoms with van der Waals surface area (Å²) < 4.78 is 11.5. The van der Waals surface area contributed by atoms with Crippen molar-refractivity contribution in [2.24, 2.45) is 0 Å². The molecule has 3 rings (SSSR count). The predicted octanol–water partition coefficient (Wildman–Crippen LogP) is 3.22. The van der Waals surface area contributed by atoms with E-state index in [1.54, 1.807) is 7.11 Å². The number of nitrogens with one attached hydrogen (secondary N) is 1. The van der Waals surface area contributed by atoms with Gasteiger partial charge in [-0.05, 0) is 45.8 Å². The molecule has 1 heterocycles. The molecule has 1 aliphatic heterocycles. The van der Waals surface area contributed by atoms with Crippen LogP contribution in [0.15, 0.2) is 46.9 Å². The number of carbonyl (C=O) groups excluding carboxylic acids is 1.